The maximum Gasteiger partial charge on any atom is 0.0672 e. The third kappa shape index (κ3) is 3.80. The van der Waals surface area contributed by atoms with E-state index in [0.717, 1.165) is 10.6 Å². The smallest absolute Gasteiger partial charge is 0.0672 e. The zero-order valence-electron chi connectivity index (χ0n) is 7.12. The topological polar surface area (TPSA) is 49.5 Å². The van der Waals surface area contributed by atoms with Crippen molar-refractivity contribution in [1.29, 1.82) is 0 Å². The zero-order valence-corrected chi connectivity index (χ0v) is 7.12. The van der Waals surface area contributed by atoms with Crippen LogP contribution in [-0.4, -0.2) is 23.4 Å². The summed E-state index contributed by atoms with van der Waals surface area (Å²) in [6.07, 6.45) is 5.28. The molecule has 0 spiro atoms. The van der Waals surface area contributed by atoms with Crippen LogP contribution in [0.25, 0.3) is 0 Å². The molecule has 1 aliphatic rings. The molecule has 0 unspecified atom stereocenters. The van der Waals surface area contributed by atoms with Crippen LogP contribution < -0.4 is 5.73 Å². The molecule has 0 bridgehead atoms. The second-order valence-corrected chi connectivity index (χ2v) is 1.97. The molecule has 0 atom stereocenters. The summed E-state index contributed by atoms with van der Waals surface area (Å²) in [5, 5.41) is 9.97. The average molecular weight is 156 g/mol. The Kier molecular flexibility index (Phi) is 5.51. The van der Waals surface area contributed by atoms with Gasteiger partial charge in [0.2, 0.25) is 0 Å². The molecular weight excluding hydrogens is 140 g/mol. The van der Waals surface area contributed by atoms with Crippen LogP contribution in [0.5, 0.6) is 0 Å². The lowest BCUT2D eigenvalue weighted by molar-refractivity contribution is -0.0330. The van der Waals surface area contributed by atoms with Crippen LogP contribution in [0.2, 0.25) is 0 Å². The summed E-state index contributed by atoms with van der Waals surface area (Å²) >= 11 is 0. The lowest BCUT2D eigenvalue weighted by Crippen LogP contribution is -2.21. The molecule has 3 N–H and O–H groups in total. The van der Waals surface area contributed by atoms with E-state index in [1.54, 1.807) is 12.3 Å². The van der Waals surface area contributed by atoms with E-state index in [4.69, 9.17) is 10.9 Å². The Morgan fingerprint density at radius 1 is 1.64 bits per heavy atom. The van der Waals surface area contributed by atoms with Crippen molar-refractivity contribution in [3.05, 3.63) is 23.9 Å². The lowest BCUT2D eigenvalue weighted by Gasteiger charge is -2.15. The molecule has 11 heavy (non-hydrogen) atoms. The Morgan fingerprint density at radius 3 is 2.64 bits per heavy atom. The molecule has 1 aliphatic heterocycles. The maximum atomic E-state index is 8.86. The van der Waals surface area contributed by atoms with Crippen LogP contribution in [0, 0.1) is 0 Å². The first kappa shape index (κ1) is 10.2. The van der Waals surface area contributed by atoms with E-state index >= 15 is 0 Å². The van der Waals surface area contributed by atoms with Crippen LogP contribution in [0.15, 0.2) is 23.9 Å². The summed E-state index contributed by atoms with van der Waals surface area (Å²) in [6.45, 7) is 5.05. The number of nitrogens with zero attached hydrogens (tertiary/aromatic N) is 1. The first-order valence-electron chi connectivity index (χ1n) is 3.85. The van der Waals surface area contributed by atoms with Gasteiger partial charge < -0.3 is 5.73 Å². The van der Waals surface area contributed by atoms with E-state index in [-0.39, 0.29) is 0 Å². The molecule has 0 fully saturated rings. The van der Waals surface area contributed by atoms with Gasteiger partial charge in [0.15, 0.2) is 0 Å². The molecule has 0 radical (unpaired) electrons. The summed E-state index contributed by atoms with van der Waals surface area (Å²) in [5.41, 5.74) is 6.37. The molecule has 0 amide bonds. The minimum absolute atomic E-state index is 0.515. The molecule has 0 saturated heterocycles. The largest absolute Gasteiger partial charge is 0.327 e. The lowest BCUT2D eigenvalue weighted by atomic mass is 10.2. The van der Waals surface area contributed by atoms with Gasteiger partial charge in [-0.05, 0) is 11.6 Å². The standard InChI is InChI=1S/C6H10N2O.C2H6/c7-4-6-2-1-3-8(9)5-6;1-2/h1-3,9H,4-5,7H2;1-2H3. The van der Waals surface area contributed by atoms with Gasteiger partial charge in [0.05, 0.1) is 6.54 Å². The first-order valence-corrected chi connectivity index (χ1v) is 3.85. The van der Waals surface area contributed by atoms with E-state index in [1.165, 1.54) is 0 Å². The molecule has 1 rings (SSSR count). The Hall–Kier alpha value is -0.800. The average Bonchev–Trinajstić information content (AvgIpc) is 2.08. The minimum Gasteiger partial charge on any atom is -0.327 e. The molecule has 64 valence electrons. The van der Waals surface area contributed by atoms with Crippen molar-refractivity contribution in [3.63, 3.8) is 0 Å². The van der Waals surface area contributed by atoms with Gasteiger partial charge >= 0.3 is 0 Å². The summed E-state index contributed by atoms with van der Waals surface area (Å²) < 4.78 is 0. The van der Waals surface area contributed by atoms with E-state index in [9.17, 15) is 0 Å². The molecule has 0 aliphatic carbocycles. The van der Waals surface area contributed by atoms with Crippen LogP contribution >= 0.6 is 0 Å². The Labute approximate surface area is 67.8 Å². The predicted molar refractivity (Wildman–Crippen MR) is 46.1 cm³/mol. The van der Waals surface area contributed by atoms with Gasteiger partial charge in [0, 0.05) is 12.7 Å². The third-order valence-electron chi connectivity index (χ3n) is 1.22. The Bertz CT molecular complexity index is 152. The quantitative estimate of drug-likeness (QED) is 0.598. The fourth-order valence-corrected chi connectivity index (χ4v) is 0.725. The van der Waals surface area contributed by atoms with Crippen molar-refractivity contribution in [1.82, 2.24) is 5.06 Å². The summed E-state index contributed by atoms with van der Waals surface area (Å²) in [6, 6.07) is 0. The van der Waals surface area contributed by atoms with Crippen molar-refractivity contribution < 1.29 is 5.21 Å². The zero-order chi connectivity index (χ0) is 8.69. The number of rotatable bonds is 1. The highest BCUT2D eigenvalue weighted by Crippen LogP contribution is 2.01. The van der Waals surface area contributed by atoms with E-state index in [0.29, 0.717) is 13.1 Å². The highest BCUT2D eigenvalue weighted by molar-refractivity contribution is 5.18. The van der Waals surface area contributed by atoms with Crippen LogP contribution in [-0.2, 0) is 0 Å². The third-order valence-corrected chi connectivity index (χ3v) is 1.22. The highest BCUT2D eigenvalue weighted by atomic mass is 16.5. The maximum absolute atomic E-state index is 8.86. The van der Waals surface area contributed by atoms with Gasteiger partial charge in [-0.3, -0.25) is 10.3 Å². The van der Waals surface area contributed by atoms with Gasteiger partial charge in [-0.1, -0.05) is 19.9 Å². The van der Waals surface area contributed by atoms with Crippen molar-refractivity contribution >= 4 is 0 Å². The second-order valence-electron chi connectivity index (χ2n) is 1.97. The van der Waals surface area contributed by atoms with Crippen LogP contribution in [0.4, 0.5) is 0 Å². The normalized spacial score (nSPS) is 15.3. The van der Waals surface area contributed by atoms with E-state index in [1.807, 2.05) is 19.9 Å². The fraction of sp³-hybridized carbons (Fsp3) is 0.500. The van der Waals surface area contributed by atoms with E-state index < -0.39 is 0 Å². The number of allylic oxidation sites excluding steroid dienone is 2. The number of nitrogens with two attached hydrogens (primary N) is 1. The molecular formula is C8H16N2O. The van der Waals surface area contributed by atoms with Gasteiger partial charge in [-0.25, -0.2) is 0 Å². The van der Waals surface area contributed by atoms with E-state index in [2.05, 4.69) is 0 Å². The first-order chi connectivity index (χ1) is 5.33. The summed E-state index contributed by atoms with van der Waals surface area (Å²) in [7, 11) is 0. The van der Waals surface area contributed by atoms with Crippen molar-refractivity contribution in [3.8, 4) is 0 Å². The Balaban J connectivity index is 0.000000461. The SMILES string of the molecule is CC.NCC1=CC=CN(O)C1. The second kappa shape index (κ2) is 5.95. The van der Waals surface area contributed by atoms with Crippen LogP contribution in [0.1, 0.15) is 13.8 Å². The molecule has 0 saturated carbocycles. The van der Waals surface area contributed by atoms with Gasteiger partial charge in [0.1, 0.15) is 0 Å². The van der Waals surface area contributed by atoms with Crippen molar-refractivity contribution in [2.24, 2.45) is 5.73 Å². The van der Waals surface area contributed by atoms with Gasteiger partial charge in [-0.15, -0.1) is 0 Å². The molecule has 3 heteroatoms. The molecule has 0 aromatic heterocycles. The minimum atomic E-state index is 0.515. The molecule has 0 aromatic rings. The fourth-order valence-electron chi connectivity index (χ4n) is 0.725. The summed E-state index contributed by atoms with van der Waals surface area (Å²) in [5.74, 6) is 0. The van der Waals surface area contributed by atoms with Crippen molar-refractivity contribution in [2.45, 2.75) is 13.8 Å². The Morgan fingerprint density at radius 2 is 2.27 bits per heavy atom. The summed E-state index contributed by atoms with van der Waals surface area (Å²) in [4.78, 5) is 0. The van der Waals surface area contributed by atoms with Gasteiger partial charge in [0.25, 0.3) is 0 Å². The number of hydroxylamine groups is 2. The predicted octanol–water partition coefficient (Wildman–Crippen LogP) is 1.12. The number of hydrogen-bond donors (Lipinski definition) is 2. The van der Waals surface area contributed by atoms with Crippen molar-refractivity contribution in [2.75, 3.05) is 13.1 Å². The molecule has 1 heterocycles. The van der Waals surface area contributed by atoms with Crippen LogP contribution in [0.3, 0.4) is 0 Å². The monoisotopic (exact) mass is 156 g/mol. The molecule has 3 nitrogen and oxygen atoms in total. The molecule has 0 aromatic carbocycles. The number of hydrogen-bond acceptors (Lipinski definition) is 3. The van der Waals surface area contributed by atoms with Gasteiger partial charge in [-0.2, -0.15) is 0 Å². The highest BCUT2D eigenvalue weighted by Gasteiger charge is 2.00.